The highest BCUT2D eigenvalue weighted by Gasteiger charge is 2.20. The van der Waals surface area contributed by atoms with Gasteiger partial charge in [-0.05, 0) is 50.2 Å². The molecule has 144 valence electrons. The fourth-order valence-corrected chi connectivity index (χ4v) is 3.92. The van der Waals surface area contributed by atoms with E-state index in [4.69, 9.17) is 4.42 Å². The predicted octanol–water partition coefficient (Wildman–Crippen LogP) is 2.74. The average Bonchev–Trinajstić information content (AvgIpc) is 3.21. The van der Waals surface area contributed by atoms with Gasteiger partial charge < -0.3 is 14.3 Å². The molecule has 0 unspecified atom stereocenters. The Balaban J connectivity index is 1.94. The third kappa shape index (κ3) is 3.63. The first-order chi connectivity index (χ1) is 12.7. The third-order valence-corrected chi connectivity index (χ3v) is 6.23. The van der Waals surface area contributed by atoms with Gasteiger partial charge in [0.1, 0.15) is 17.2 Å². The number of nitrogens with zero attached hydrogens (tertiary/aromatic N) is 2. The van der Waals surface area contributed by atoms with Crippen molar-refractivity contribution in [3.05, 3.63) is 53.6 Å². The van der Waals surface area contributed by atoms with E-state index in [0.29, 0.717) is 23.4 Å². The fraction of sp³-hybridized carbons (Fsp3) is 0.316. The van der Waals surface area contributed by atoms with Crippen molar-refractivity contribution in [3.63, 3.8) is 0 Å². The van der Waals surface area contributed by atoms with Gasteiger partial charge in [-0.3, -0.25) is 4.79 Å². The zero-order valence-corrected chi connectivity index (χ0v) is 16.6. The maximum atomic E-state index is 12.7. The molecule has 1 N–H and O–H groups in total. The SMILES string of the molecule is CCn1c(C(=O)NCc2ccc(C)o2)cc2cc(S(=O)(=O)N(C)C)ccc21. The number of carbonyl (C=O) groups excluding carboxylic acids is 1. The second-order valence-electron chi connectivity index (χ2n) is 6.48. The van der Waals surface area contributed by atoms with Gasteiger partial charge >= 0.3 is 0 Å². The van der Waals surface area contributed by atoms with E-state index in [2.05, 4.69) is 5.32 Å². The summed E-state index contributed by atoms with van der Waals surface area (Å²) < 4.78 is 33.2. The number of nitrogens with one attached hydrogen (secondary N) is 1. The number of hydrogen-bond acceptors (Lipinski definition) is 4. The normalized spacial score (nSPS) is 12.0. The molecule has 0 saturated carbocycles. The predicted molar refractivity (Wildman–Crippen MR) is 103 cm³/mol. The zero-order valence-electron chi connectivity index (χ0n) is 15.8. The molecule has 8 heteroatoms. The number of fused-ring (bicyclic) bond motifs is 1. The van der Waals surface area contributed by atoms with Gasteiger partial charge in [-0.15, -0.1) is 0 Å². The topological polar surface area (TPSA) is 84.5 Å². The van der Waals surface area contributed by atoms with Crippen LogP contribution in [-0.2, 0) is 23.1 Å². The van der Waals surface area contributed by atoms with E-state index in [0.717, 1.165) is 11.3 Å². The number of sulfonamides is 1. The van der Waals surface area contributed by atoms with E-state index < -0.39 is 10.0 Å². The maximum absolute atomic E-state index is 12.7. The Morgan fingerprint density at radius 2 is 1.93 bits per heavy atom. The number of benzene rings is 1. The summed E-state index contributed by atoms with van der Waals surface area (Å²) in [5, 5.41) is 3.55. The Labute approximate surface area is 158 Å². The van der Waals surface area contributed by atoms with E-state index in [1.165, 1.54) is 18.4 Å². The van der Waals surface area contributed by atoms with Gasteiger partial charge in [0.2, 0.25) is 10.0 Å². The number of furan rings is 1. The molecule has 3 aromatic rings. The van der Waals surface area contributed by atoms with E-state index in [1.807, 2.05) is 30.5 Å². The van der Waals surface area contributed by atoms with Gasteiger partial charge in [0.05, 0.1) is 11.4 Å². The number of rotatable bonds is 6. The van der Waals surface area contributed by atoms with Gasteiger partial charge in [-0.1, -0.05) is 0 Å². The molecule has 0 aliphatic heterocycles. The van der Waals surface area contributed by atoms with Crippen molar-refractivity contribution in [2.24, 2.45) is 0 Å². The van der Waals surface area contributed by atoms with Crippen LogP contribution < -0.4 is 5.32 Å². The quantitative estimate of drug-likeness (QED) is 0.703. The second kappa shape index (κ2) is 7.21. The van der Waals surface area contributed by atoms with Crippen LogP contribution in [0.25, 0.3) is 10.9 Å². The largest absolute Gasteiger partial charge is 0.465 e. The summed E-state index contributed by atoms with van der Waals surface area (Å²) in [6.07, 6.45) is 0. The lowest BCUT2D eigenvalue weighted by Crippen LogP contribution is -2.25. The molecule has 3 rings (SSSR count). The third-order valence-electron chi connectivity index (χ3n) is 4.42. The number of hydrogen-bond donors (Lipinski definition) is 1. The molecular weight excluding hydrogens is 366 g/mol. The molecule has 2 heterocycles. The molecule has 0 aliphatic rings. The molecule has 1 aromatic carbocycles. The molecular formula is C19H23N3O4S. The first-order valence-electron chi connectivity index (χ1n) is 8.63. The summed E-state index contributed by atoms with van der Waals surface area (Å²) in [7, 11) is -0.548. The Bertz CT molecular complexity index is 1090. The van der Waals surface area contributed by atoms with E-state index >= 15 is 0 Å². The lowest BCUT2D eigenvalue weighted by molar-refractivity contribution is 0.0939. The molecule has 0 bridgehead atoms. The number of amides is 1. The van der Waals surface area contributed by atoms with Crippen LogP contribution in [0, 0.1) is 6.92 Å². The van der Waals surface area contributed by atoms with Gasteiger partial charge in [0.25, 0.3) is 5.91 Å². The molecule has 0 atom stereocenters. The molecule has 0 spiro atoms. The molecule has 0 fully saturated rings. The monoisotopic (exact) mass is 389 g/mol. The van der Waals surface area contributed by atoms with Crippen molar-refractivity contribution in [2.75, 3.05) is 14.1 Å². The van der Waals surface area contributed by atoms with Crippen molar-refractivity contribution < 1.29 is 17.6 Å². The Morgan fingerprint density at radius 1 is 1.19 bits per heavy atom. The van der Waals surface area contributed by atoms with Crippen molar-refractivity contribution in [1.82, 2.24) is 14.2 Å². The lowest BCUT2D eigenvalue weighted by Gasteiger charge is -2.11. The van der Waals surface area contributed by atoms with Gasteiger partial charge in [0, 0.05) is 31.5 Å². The van der Waals surface area contributed by atoms with Crippen molar-refractivity contribution in [2.45, 2.75) is 31.8 Å². The molecule has 0 radical (unpaired) electrons. The van der Waals surface area contributed by atoms with Crippen LogP contribution in [0.4, 0.5) is 0 Å². The minimum atomic E-state index is -3.53. The molecule has 7 nitrogen and oxygen atoms in total. The highest BCUT2D eigenvalue weighted by Crippen LogP contribution is 2.25. The van der Waals surface area contributed by atoms with Crippen molar-refractivity contribution in [3.8, 4) is 0 Å². The summed E-state index contributed by atoms with van der Waals surface area (Å²) in [4.78, 5) is 12.9. The molecule has 2 aromatic heterocycles. The second-order valence-corrected chi connectivity index (χ2v) is 8.63. The van der Waals surface area contributed by atoms with E-state index in [-0.39, 0.29) is 17.3 Å². The van der Waals surface area contributed by atoms with Crippen LogP contribution in [0.3, 0.4) is 0 Å². The minimum absolute atomic E-state index is 0.200. The maximum Gasteiger partial charge on any atom is 0.268 e. The molecule has 0 aliphatic carbocycles. The number of aromatic nitrogens is 1. The molecule has 1 amide bonds. The highest BCUT2D eigenvalue weighted by molar-refractivity contribution is 7.89. The standard InChI is InChI=1S/C19H23N3O4S/c1-5-22-17-9-8-16(27(24,25)21(3)4)10-14(17)11-18(22)19(23)20-12-15-7-6-13(2)26-15/h6-11H,5,12H2,1-4H3,(H,20,23). The van der Waals surface area contributed by atoms with Crippen LogP contribution >= 0.6 is 0 Å². The lowest BCUT2D eigenvalue weighted by atomic mass is 10.2. The zero-order chi connectivity index (χ0) is 19.8. The highest BCUT2D eigenvalue weighted by atomic mass is 32.2. The van der Waals surface area contributed by atoms with Crippen LogP contribution in [0.15, 0.2) is 45.7 Å². The number of carbonyl (C=O) groups is 1. The van der Waals surface area contributed by atoms with Crippen LogP contribution in [-0.4, -0.2) is 37.3 Å². The van der Waals surface area contributed by atoms with Gasteiger partial charge in [0.15, 0.2) is 0 Å². The Hall–Kier alpha value is -2.58. The van der Waals surface area contributed by atoms with Gasteiger partial charge in [-0.25, -0.2) is 12.7 Å². The number of aryl methyl sites for hydroxylation is 2. The van der Waals surface area contributed by atoms with E-state index in [9.17, 15) is 13.2 Å². The van der Waals surface area contributed by atoms with Crippen LogP contribution in [0.1, 0.15) is 28.9 Å². The summed E-state index contributed by atoms with van der Waals surface area (Å²) in [6.45, 7) is 4.67. The molecule has 27 heavy (non-hydrogen) atoms. The van der Waals surface area contributed by atoms with Crippen LogP contribution in [0.2, 0.25) is 0 Å². The summed E-state index contributed by atoms with van der Waals surface area (Å²) in [6, 6.07) is 10.3. The molecule has 0 saturated heterocycles. The fourth-order valence-electron chi connectivity index (χ4n) is 2.99. The van der Waals surface area contributed by atoms with Crippen LogP contribution in [0.5, 0.6) is 0 Å². The van der Waals surface area contributed by atoms with Crippen molar-refractivity contribution >= 4 is 26.8 Å². The van der Waals surface area contributed by atoms with Crippen molar-refractivity contribution in [1.29, 1.82) is 0 Å². The summed E-state index contributed by atoms with van der Waals surface area (Å²) in [5.74, 6) is 1.23. The van der Waals surface area contributed by atoms with E-state index in [1.54, 1.807) is 24.3 Å². The smallest absolute Gasteiger partial charge is 0.268 e. The summed E-state index contributed by atoms with van der Waals surface area (Å²) >= 11 is 0. The average molecular weight is 389 g/mol. The van der Waals surface area contributed by atoms with Gasteiger partial charge in [-0.2, -0.15) is 0 Å². The first kappa shape index (κ1) is 19.2. The summed E-state index contributed by atoms with van der Waals surface area (Å²) in [5.41, 5.74) is 1.30. The first-order valence-corrected chi connectivity index (χ1v) is 10.1. The Kier molecular flexibility index (Phi) is 5.12. The minimum Gasteiger partial charge on any atom is -0.465 e. The Morgan fingerprint density at radius 3 is 2.52 bits per heavy atom.